The van der Waals surface area contributed by atoms with E-state index in [0.717, 1.165) is 6.07 Å². The average Bonchev–Trinajstić information content (AvgIpc) is 2.98. The number of aryl methyl sites for hydroxylation is 1. The van der Waals surface area contributed by atoms with Crippen molar-refractivity contribution in [3.63, 3.8) is 0 Å². The maximum absolute atomic E-state index is 14.0. The first-order valence-corrected chi connectivity index (χ1v) is 10.7. The number of carbonyl (C=O) groups is 1. The molecule has 34 heavy (non-hydrogen) atoms. The van der Waals surface area contributed by atoms with Gasteiger partial charge in [0.1, 0.15) is 11.6 Å². The number of likely N-dealkylation sites (N-methyl/N-ethyl adjacent to an activating group) is 1. The van der Waals surface area contributed by atoms with Crippen LogP contribution in [0, 0.1) is 6.92 Å². The molecule has 10 heteroatoms. The second-order valence-electron chi connectivity index (χ2n) is 8.70. The third kappa shape index (κ3) is 3.71. The number of rotatable bonds is 6. The van der Waals surface area contributed by atoms with Crippen LogP contribution in [0.5, 0.6) is 0 Å². The Morgan fingerprint density at radius 3 is 2.59 bits per heavy atom. The molecule has 0 bridgehead atoms. The lowest BCUT2D eigenvalue weighted by Gasteiger charge is -2.21. The molecule has 0 fully saturated rings. The van der Waals surface area contributed by atoms with Crippen LogP contribution in [0.1, 0.15) is 42.4 Å². The first-order valence-electron chi connectivity index (χ1n) is 10.7. The standard InChI is InChI=1S/C24H26F3N5O2/c1-12(14-6-15(8-16(28)7-14)24(26,27)11-25)29-21-17-9-20-18(10-19(17)30-13(2)31-21)23(3,34-5)22(33)32(20)4/h6-10,12H,11,28H2,1-5H3,(H,29,30,31)/t12-,23?/m1/s1. The smallest absolute Gasteiger partial charge is 0.301 e. The Morgan fingerprint density at radius 2 is 1.94 bits per heavy atom. The van der Waals surface area contributed by atoms with Crippen molar-refractivity contribution >= 4 is 34.0 Å². The predicted molar refractivity (Wildman–Crippen MR) is 125 cm³/mol. The van der Waals surface area contributed by atoms with Gasteiger partial charge in [0.25, 0.3) is 5.91 Å². The number of nitrogens with two attached hydrogens (primary N) is 1. The molecule has 0 spiro atoms. The molecule has 1 unspecified atom stereocenters. The zero-order valence-electron chi connectivity index (χ0n) is 19.5. The lowest BCUT2D eigenvalue weighted by Crippen LogP contribution is -2.37. The van der Waals surface area contributed by atoms with E-state index in [0.29, 0.717) is 39.4 Å². The lowest BCUT2D eigenvalue weighted by molar-refractivity contribution is -0.137. The third-order valence-corrected chi connectivity index (χ3v) is 6.34. The molecule has 1 aliphatic heterocycles. The Balaban J connectivity index is 1.79. The van der Waals surface area contributed by atoms with Crippen molar-refractivity contribution in [1.82, 2.24) is 9.97 Å². The molecule has 2 aromatic carbocycles. The molecular formula is C24H26F3N5O2. The van der Waals surface area contributed by atoms with Gasteiger partial charge >= 0.3 is 5.92 Å². The number of anilines is 3. The molecule has 180 valence electrons. The van der Waals surface area contributed by atoms with Gasteiger partial charge in [-0.15, -0.1) is 0 Å². The lowest BCUT2D eigenvalue weighted by atomic mass is 9.96. The summed E-state index contributed by atoms with van der Waals surface area (Å²) in [4.78, 5) is 23.4. The number of carbonyl (C=O) groups excluding carboxylic acids is 1. The van der Waals surface area contributed by atoms with Gasteiger partial charge in [0.2, 0.25) is 0 Å². The molecule has 0 aliphatic carbocycles. The number of aromatic nitrogens is 2. The van der Waals surface area contributed by atoms with Crippen molar-refractivity contribution in [1.29, 1.82) is 0 Å². The fourth-order valence-corrected chi connectivity index (χ4v) is 4.30. The van der Waals surface area contributed by atoms with Crippen molar-refractivity contribution < 1.29 is 22.7 Å². The summed E-state index contributed by atoms with van der Waals surface area (Å²) in [6.07, 6.45) is 0. The van der Waals surface area contributed by atoms with E-state index < -0.39 is 29.8 Å². The van der Waals surface area contributed by atoms with E-state index in [2.05, 4.69) is 15.3 Å². The quantitative estimate of drug-likeness (QED) is 0.509. The van der Waals surface area contributed by atoms with Crippen LogP contribution < -0.4 is 16.0 Å². The average molecular weight is 473 g/mol. The number of nitrogens with one attached hydrogen (secondary N) is 1. The Hall–Kier alpha value is -3.40. The summed E-state index contributed by atoms with van der Waals surface area (Å²) in [7, 11) is 3.15. The molecule has 7 nitrogen and oxygen atoms in total. The molecule has 0 radical (unpaired) electrons. The van der Waals surface area contributed by atoms with Crippen LogP contribution in [0.3, 0.4) is 0 Å². The molecule has 1 amide bonds. The van der Waals surface area contributed by atoms with Gasteiger partial charge in [0.15, 0.2) is 12.3 Å². The largest absolute Gasteiger partial charge is 0.399 e. The molecule has 4 rings (SSSR count). The van der Waals surface area contributed by atoms with E-state index in [4.69, 9.17) is 10.5 Å². The van der Waals surface area contributed by atoms with Gasteiger partial charge in [-0.3, -0.25) is 4.79 Å². The van der Waals surface area contributed by atoms with E-state index in [1.165, 1.54) is 18.1 Å². The highest BCUT2D eigenvalue weighted by atomic mass is 19.3. The number of fused-ring (bicyclic) bond motifs is 2. The monoisotopic (exact) mass is 473 g/mol. The second kappa shape index (κ2) is 8.12. The number of halogens is 3. The Morgan fingerprint density at radius 1 is 1.24 bits per heavy atom. The Kier molecular flexibility index (Phi) is 5.67. The minimum atomic E-state index is -3.63. The third-order valence-electron chi connectivity index (χ3n) is 6.34. The number of amides is 1. The summed E-state index contributed by atoms with van der Waals surface area (Å²) >= 11 is 0. The van der Waals surface area contributed by atoms with Crippen molar-refractivity contribution in [3.8, 4) is 0 Å². The number of hydrogen-bond acceptors (Lipinski definition) is 6. The maximum atomic E-state index is 14.0. The predicted octanol–water partition coefficient (Wildman–Crippen LogP) is 4.59. The summed E-state index contributed by atoms with van der Waals surface area (Å²) < 4.78 is 46.4. The first kappa shape index (κ1) is 23.7. The highest BCUT2D eigenvalue weighted by molar-refractivity contribution is 6.09. The molecule has 1 aliphatic rings. The summed E-state index contributed by atoms with van der Waals surface area (Å²) in [5.74, 6) is -2.88. The van der Waals surface area contributed by atoms with E-state index in [1.54, 1.807) is 40.0 Å². The number of nitrogen functional groups attached to an aromatic ring is 1. The normalized spacial score (nSPS) is 18.9. The highest BCUT2D eigenvalue weighted by Crippen LogP contribution is 2.44. The zero-order valence-corrected chi connectivity index (χ0v) is 19.5. The molecule has 0 saturated carbocycles. The molecule has 3 aromatic rings. The van der Waals surface area contributed by atoms with Gasteiger partial charge in [-0.2, -0.15) is 8.78 Å². The van der Waals surface area contributed by atoms with Crippen molar-refractivity contribution in [2.24, 2.45) is 0 Å². The summed E-state index contributed by atoms with van der Waals surface area (Å²) in [5, 5.41) is 3.89. The van der Waals surface area contributed by atoms with E-state index >= 15 is 0 Å². The summed E-state index contributed by atoms with van der Waals surface area (Å²) in [6.45, 7) is 3.39. The van der Waals surface area contributed by atoms with Crippen molar-refractivity contribution in [2.45, 2.75) is 38.3 Å². The number of benzene rings is 2. The molecule has 1 aromatic heterocycles. The summed E-state index contributed by atoms with van der Waals surface area (Å²) in [5.41, 5.74) is 6.73. The van der Waals surface area contributed by atoms with Crippen LogP contribution in [-0.2, 0) is 21.1 Å². The number of hydrogen-bond donors (Lipinski definition) is 2. The number of alkyl halides is 3. The van der Waals surface area contributed by atoms with Gasteiger partial charge in [-0.25, -0.2) is 14.4 Å². The van der Waals surface area contributed by atoms with Crippen molar-refractivity contribution in [2.75, 3.05) is 36.8 Å². The van der Waals surface area contributed by atoms with E-state index in [1.807, 2.05) is 6.07 Å². The topological polar surface area (TPSA) is 93.4 Å². The summed E-state index contributed by atoms with van der Waals surface area (Å²) in [6, 6.07) is 6.98. The van der Waals surface area contributed by atoms with Gasteiger partial charge < -0.3 is 20.7 Å². The zero-order chi connectivity index (χ0) is 25.0. The molecular weight excluding hydrogens is 447 g/mol. The van der Waals surface area contributed by atoms with Gasteiger partial charge in [0.05, 0.1) is 17.2 Å². The first-order chi connectivity index (χ1) is 15.9. The van der Waals surface area contributed by atoms with Crippen LogP contribution >= 0.6 is 0 Å². The molecule has 3 N–H and O–H groups in total. The van der Waals surface area contributed by atoms with Crippen LogP contribution in [0.25, 0.3) is 10.9 Å². The number of methoxy groups -OCH3 is 1. The fourth-order valence-electron chi connectivity index (χ4n) is 4.30. The minimum Gasteiger partial charge on any atom is -0.399 e. The Labute approximate surface area is 195 Å². The van der Waals surface area contributed by atoms with Crippen LogP contribution in [-0.4, -0.2) is 36.7 Å². The van der Waals surface area contributed by atoms with Crippen LogP contribution in [0.15, 0.2) is 30.3 Å². The van der Waals surface area contributed by atoms with Crippen LogP contribution in [0.4, 0.5) is 30.4 Å². The van der Waals surface area contributed by atoms with Gasteiger partial charge in [-0.1, -0.05) is 0 Å². The fraction of sp³-hybridized carbons (Fsp3) is 0.375. The second-order valence-corrected chi connectivity index (χ2v) is 8.70. The molecule has 2 atom stereocenters. The SMILES string of the molecule is COC1(C)C(=O)N(C)c2cc3c(N[C@H](C)c4cc(N)cc(C(F)(F)CF)c4)nc(C)nc3cc21. The Bertz CT molecular complexity index is 1300. The van der Waals surface area contributed by atoms with E-state index in [9.17, 15) is 18.0 Å². The molecule has 2 heterocycles. The number of ether oxygens (including phenoxy) is 1. The van der Waals surface area contributed by atoms with Gasteiger partial charge in [0, 0.05) is 36.4 Å². The van der Waals surface area contributed by atoms with Gasteiger partial charge in [-0.05, 0) is 56.7 Å². The van der Waals surface area contributed by atoms with E-state index in [-0.39, 0.29) is 11.6 Å². The number of nitrogens with zero attached hydrogens (tertiary/aromatic N) is 3. The molecule has 0 saturated heterocycles. The van der Waals surface area contributed by atoms with Crippen LogP contribution in [0.2, 0.25) is 0 Å². The highest BCUT2D eigenvalue weighted by Gasteiger charge is 2.47. The maximum Gasteiger partial charge on any atom is 0.301 e. The minimum absolute atomic E-state index is 0.106. The van der Waals surface area contributed by atoms with Crippen molar-refractivity contribution in [3.05, 3.63) is 52.8 Å².